The van der Waals surface area contributed by atoms with E-state index in [9.17, 15) is 0 Å². The minimum atomic E-state index is -0.218. The molecule has 1 aliphatic heterocycles. The van der Waals surface area contributed by atoms with Gasteiger partial charge in [-0.05, 0) is 40.4 Å². The summed E-state index contributed by atoms with van der Waals surface area (Å²) in [4.78, 5) is 17.2. The monoisotopic (exact) mass is 928 g/mol. The zero-order valence-corrected chi connectivity index (χ0v) is 33.6. The molecular formula is C46H39N9OPt. The normalized spacial score (nSPS) is 13.1. The van der Waals surface area contributed by atoms with Crippen LogP contribution in [0.15, 0.2) is 121 Å². The number of para-hydroxylation sites is 2. The van der Waals surface area contributed by atoms with Gasteiger partial charge < -0.3 is 9.14 Å². The minimum Gasteiger partial charge on any atom is -0.515 e. The Morgan fingerprint density at radius 3 is 2.18 bits per heavy atom. The topological polar surface area (TPSA) is 130 Å². The van der Waals surface area contributed by atoms with Crippen LogP contribution in [-0.4, -0.2) is 31.0 Å². The number of pyridine rings is 3. The Bertz CT molecular complexity index is 2960. The van der Waals surface area contributed by atoms with E-state index in [1.807, 2.05) is 34.9 Å². The molecule has 10 rings (SSSR count). The first-order chi connectivity index (χ1) is 26.7. The average molecular weight is 929 g/mol. The molecule has 0 amide bonds. The van der Waals surface area contributed by atoms with Gasteiger partial charge in [-0.2, -0.15) is 12.1 Å². The molecule has 0 spiro atoms. The van der Waals surface area contributed by atoms with E-state index >= 15 is 0 Å². The third kappa shape index (κ3) is 6.17. The third-order valence-electron chi connectivity index (χ3n) is 11.1. The number of hydrogen-bond acceptors (Lipinski definition) is 6. The first-order valence-corrected chi connectivity index (χ1v) is 17.7. The molecule has 4 aromatic carbocycles. The molecule has 57 heavy (non-hydrogen) atoms. The van der Waals surface area contributed by atoms with E-state index in [0.717, 1.165) is 49.6 Å². The molecule has 0 saturated heterocycles. The van der Waals surface area contributed by atoms with Gasteiger partial charge in [-0.3, -0.25) is 14.5 Å². The van der Waals surface area contributed by atoms with Crippen molar-refractivity contribution in [3.63, 3.8) is 0 Å². The number of nitrogens with zero attached hydrogens (tertiary/aromatic N) is 9. The van der Waals surface area contributed by atoms with Crippen LogP contribution in [0.2, 0.25) is 0 Å². The zero-order chi connectivity index (χ0) is 38.5. The molecule has 9 aromatic rings. The number of benzene rings is 4. The van der Waals surface area contributed by atoms with Crippen molar-refractivity contribution < 1.29 is 25.8 Å². The first kappa shape index (κ1) is 40.2. The maximum Gasteiger partial charge on any atom is 2.00 e. The van der Waals surface area contributed by atoms with Crippen LogP contribution in [0.25, 0.3) is 76.8 Å². The molecule has 0 bridgehead atoms. The number of ether oxygens (including phenoxy) is 1. The molecule has 1 aliphatic rings. The second kappa shape index (κ2) is 15.5. The second-order valence-electron chi connectivity index (χ2n) is 14.3. The molecule has 11 heteroatoms. The Kier molecular flexibility index (Phi) is 11.0. The molecule has 0 aliphatic carbocycles. The van der Waals surface area contributed by atoms with Gasteiger partial charge in [-0.1, -0.05) is 130 Å². The molecule has 284 valence electrons. The van der Waals surface area contributed by atoms with Crippen LogP contribution < -0.4 is 4.74 Å². The van der Waals surface area contributed by atoms with Crippen LogP contribution >= 0.6 is 0 Å². The Morgan fingerprint density at radius 1 is 0.737 bits per heavy atom. The minimum absolute atomic E-state index is 0. The molecule has 0 atom stereocenters. The number of imidazole rings is 1. The predicted octanol–water partition coefficient (Wildman–Crippen LogP) is 11.9. The summed E-state index contributed by atoms with van der Waals surface area (Å²) in [6.07, 6.45) is 3.56. The van der Waals surface area contributed by atoms with Gasteiger partial charge in [0.05, 0.1) is 16.9 Å². The van der Waals surface area contributed by atoms with Gasteiger partial charge in [-0.25, -0.2) is 10.2 Å². The zero-order valence-electron chi connectivity index (χ0n) is 31.3. The van der Waals surface area contributed by atoms with Crippen molar-refractivity contribution in [1.82, 2.24) is 23.9 Å². The third-order valence-corrected chi connectivity index (χ3v) is 11.1. The van der Waals surface area contributed by atoms with E-state index in [-0.39, 0.29) is 39.3 Å². The molecule has 10 nitrogen and oxygen atoms in total. The fraction of sp³-hybridized carbons (Fsp3) is 0.174. The van der Waals surface area contributed by atoms with Crippen LogP contribution in [-0.2, 0) is 31.9 Å². The van der Waals surface area contributed by atoms with Crippen LogP contribution in [0, 0.1) is 24.0 Å². The SMILES string of the molecule is C.C#N.CC1(C)c2cccc3c4ccc(Oc5[c-]c(-n6c7ccccc7c7cccnc76)ncc5)[c-]c4c4nc(-c5ccccc5)c(n4c23)C1(C)C.CN=[N+]=[N-].[Pt+2]. The van der Waals surface area contributed by atoms with Crippen LogP contribution in [0.1, 0.15) is 46.4 Å². The summed E-state index contributed by atoms with van der Waals surface area (Å²) in [6, 6.07) is 42.6. The van der Waals surface area contributed by atoms with Crippen molar-refractivity contribution in [2.24, 2.45) is 5.11 Å². The Hall–Kier alpha value is -6.52. The fourth-order valence-electron chi connectivity index (χ4n) is 7.91. The fourth-order valence-corrected chi connectivity index (χ4v) is 7.91. The summed E-state index contributed by atoms with van der Waals surface area (Å²) in [6.45, 7) is 12.9. The average Bonchev–Trinajstić information content (AvgIpc) is 3.80. The summed E-state index contributed by atoms with van der Waals surface area (Å²) in [7, 11) is 1.39. The van der Waals surface area contributed by atoms with E-state index in [1.54, 1.807) is 12.4 Å². The molecule has 6 heterocycles. The van der Waals surface area contributed by atoms with Gasteiger partial charge in [0.15, 0.2) is 0 Å². The van der Waals surface area contributed by atoms with Crippen LogP contribution in [0.3, 0.4) is 0 Å². The molecule has 0 fully saturated rings. The number of aromatic nitrogens is 5. The van der Waals surface area contributed by atoms with E-state index in [0.29, 0.717) is 17.3 Å². The first-order valence-electron chi connectivity index (χ1n) is 17.7. The molecule has 0 unspecified atom stereocenters. The summed E-state index contributed by atoms with van der Waals surface area (Å²) in [5.74, 6) is 1.74. The molecule has 0 N–H and O–H groups in total. The quantitative estimate of drug-likeness (QED) is 0.0570. The van der Waals surface area contributed by atoms with Gasteiger partial charge in [-0.15, -0.1) is 12.1 Å². The van der Waals surface area contributed by atoms with Gasteiger partial charge in [0, 0.05) is 74.7 Å². The summed E-state index contributed by atoms with van der Waals surface area (Å²) >= 11 is 0. The van der Waals surface area contributed by atoms with E-state index in [1.165, 1.54) is 29.2 Å². The Labute approximate surface area is 345 Å². The summed E-state index contributed by atoms with van der Waals surface area (Å²) in [5.41, 5.74) is 15.6. The standard InChI is InChI=1S/C43H31N5O.CH3N3.CHN.CH4.Pt/c1-42(2)34-17-10-15-31-29-20-19-27(24-33(29)41-46-37(26-12-6-5-7-13-26)39(43(42,3)4)48(41)38(31)34)49-28-21-23-44-36(25-28)47-35-18-9-8-14-30(35)32-16-11-22-45-40(32)47;1-3-4-2;1-2;;/h5-23H,1-4H3;1H3;1H;1H4;/q-2;;;;+2. The van der Waals surface area contributed by atoms with Gasteiger partial charge >= 0.3 is 21.1 Å². The largest absolute Gasteiger partial charge is 2.00 e. The van der Waals surface area contributed by atoms with Crippen molar-refractivity contribution >= 4 is 49.3 Å². The molecule has 0 saturated carbocycles. The van der Waals surface area contributed by atoms with E-state index < -0.39 is 0 Å². The second-order valence-corrected chi connectivity index (χ2v) is 14.3. The van der Waals surface area contributed by atoms with Crippen molar-refractivity contribution in [2.75, 3.05) is 7.05 Å². The number of hydrogen-bond donors (Lipinski definition) is 0. The molecule has 0 radical (unpaired) electrons. The van der Waals surface area contributed by atoms with Gasteiger partial charge in [0.25, 0.3) is 0 Å². The smallest absolute Gasteiger partial charge is 0.515 e. The van der Waals surface area contributed by atoms with E-state index in [2.05, 4.69) is 134 Å². The van der Waals surface area contributed by atoms with Crippen LogP contribution in [0.4, 0.5) is 0 Å². The van der Waals surface area contributed by atoms with Crippen molar-refractivity contribution in [2.45, 2.75) is 46.0 Å². The van der Waals surface area contributed by atoms with Crippen molar-refractivity contribution in [1.29, 1.82) is 5.26 Å². The van der Waals surface area contributed by atoms with Crippen LogP contribution in [0.5, 0.6) is 11.5 Å². The van der Waals surface area contributed by atoms with Crippen molar-refractivity contribution in [3.05, 3.63) is 149 Å². The molecule has 5 aromatic heterocycles. The van der Waals surface area contributed by atoms with Gasteiger partial charge in [0.1, 0.15) is 5.65 Å². The Balaban J connectivity index is 0.000000649. The van der Waals surface area contributed by atoms with Gasteiger partial charge in [0.2, 0.25) is 0 Å². The molecular weight excluding hydrogens is 890 g/mol. The number of nitriles is 1. The number of fused-ring (bicyclic) bond motifs is 6. The van der Waals surface area contributed by atoms with E-state index in [4.69, 9.17) is 30.5 Å². The summed E-state index contributed by atoms with van der Waals surface area (Å²) in [5, 5.41) is 14.8. The Morgan fingerprint density at radius 2 is 1.42 bits per heavy atom. The maximum atomic E-state index is 7.33. The maximum absolute atomic E-state index is 7.33. The predicted molar refractivity (Wildman–Crippen MR) is 224 cm³/mol. The van der Waals surface area contributed by atoms with Crippen molar-refractivity contribution in [3.8, 4) is 35.1 Å². The summed E-state index contributed by atoms with van der Waals surface area (Å²) < 4.78 is 11.0. The number of azide groups is 1. The number of rotatable bonds is 4.